The second kappa shape index (κ2) is 6.76. The number of hydrogen-bond acceptors (Lipinski definition) is 4. The van der Waals surface area contributed by atoms with Crippen molar-refractivity contribution in [3.8, 4) is 17.2 Å². The molecule has 0 spiro atoms. The van der Waals surface area contributed by atoms with E-state index in [9.17, 15) is 8.42 Å². The van der Waals surface area contributed by atoms with E-state index in [2.05, 4.69) is 30.3 Å². The Kier molecular flexibility index (Phi) is 4.70. The summed E-state index contributed by atoms with van der Waals surface area (Å²) in [7, 11) is -3.34. The van der Waals surface area contributed by atoms with Crippen LogP contribution in [0.2, 0.25) is 0 Å². The first-order chi connectivity index (χ1) is 11.5. The molecule has 0 bridgehead atoms. The lowest BCUT2D eigenvalue weighted by Crippen LogP contribution is -2.04. The zero-order valence-electron chi connectivity index (χ0n) is 13.5. The molecule has 3 rings (SSSR count). The first kappa shape index (κ1) is 16.7. The highest BCUT2D eigenvalue weighted by Gasteiger charge is 2.37. The minimum Gasteiger partial charge on any atom is -0.270 e. The number of benzene rings is 2. The van der Waals surface area contributed by atoms with Gasteiger partial charge < -0.3 is 0 Å². The van der Waals surface area contributed by atoms with Gasteiger partial charge in [-0.3, -0.25) is 4.18 Å². The quantitative estimate of drug-likeness (QED) is 0.752. The summed E-state index contributed by atoms with van der Waals surface area (Å²) in [5.74, 6) is 1.01. The summed E-state index contributed by atoms with van der Waals surface area (Å²) in [5.41, 5.74) is 4.17. The van der Waals surface area contributed by atoms with Crippen molar-refractivity contribution in [3.63, 3.8) is 0 Å². The largest absolute Gasteiger partial charge is 0.270 e. The highest BCUT2D eigenvalue weighted by molar-refractivity contribution is 7.85. The molecule has 0 saturated heterocycles. The van der Waals surface area contributed by atoms with E-state index in [-0.39, 0.29) is 6.61 Å². The van der Waals surface area contributed by atoms with E-state index in [1.54, 1.807) is 0 Å². The van der Waals surface area contributed by atoms with E-state index in [1.165, 1.54) is 5.56 Å². The third kappa shape index (κ3) is 4.22. The van der Waals surface area contributed by atoms with Gasteiger partial charge in [0.05, 0.1) is 24.5 Å². The molecule has 0 amide bonds. The number of hydrogen-bond donors (Lipinski definition) is 0. The molecule has 2 aromatic carbocycles. The Labute approximate surface area is 142 Å². The number of nitriles is 1. The minimum atomic E-state index is -3.34. The molecule has 4 nitrogen and oxygen atoms in total. The Balaban J connectivity index is 1.58. The van der Waals surface area contributed by atoms with E-state index in [1.807, 2.05) is 24.3 Å². The van der Waals surface area contributed by atoms with Crippen LogP contribution >= 0.6 is 0 Å². The van der Waals surface area contributed by atoms with Crippen molar-refractivity contribution in [3.05, 3.63) is 59.7 Å². The third-order valence-corrected chi connectivity index (χ3v) is 4.99. The van der Waals surface area contributed by atoms with Crippen molar-refractivity contribution in [1.82, 2.24) is 0 Å². The maximum absolute atomic E-state index is 11.0. The van der Waals surface area contributed by atoms with Gasteiger partial charge in [0.25, 0.3) is 10.1 Å². The fourth-order valence-electron chi connectivity index (χ4n) is 2.99. The monoisotopic (exact) mass is 341 g/mol. The molecule has 2 atom stereocenters. The maximum atomic E-state index is 11.0. The zero-order chi connectivity index (χ0) is 17.2. The lowest BCUT2D eigenvalue weighted by Gasteiger charge is -2.05. The minimum absolute atomic E-state index is 0.267. The van der Waals surface area contributed by atoms with Gasteiger partial charge in [0.1, 0.15) is 0 Å². The molecule has 0 radical (unpaired) electrons. The van der Waals surface area contributed by atoms with E-state index in [0.717, 1.165) is 30.2 Å². The van der Waals surface area contributed by atoms with Crippen LogP contribution in [0, 0.1) is 17.2 Å². The van der Waals surface area contributed by atoms with Crippen molar-refractivity contribution in [2.45, 2.75) is 18.8 Å². The molecule has 0 aliphatic heterocycles. The van der Waals surface area contributed by atoms with Gasteiger partial charge in [0, 0.05) is 0 Å². The Morgan fingerprint density at radius 3 is 2.21 bits per heavy atom. The first-order valence-corrected chi connectivity index (χ1v) is 9.73. The van der Waals surface area contributed by atoms with Crippen LogP contribution < -0.4 is 0 Å². The Morgan fingerprint density at radius 1 is 1.08 bits per heavy atom. The van der Waals surface area contributed by atoms with Crippen LogP contribution in [-0.4, -0.2) is 21.3 Å². The molecule has 124 valence electrons. The molecule has 0 N–H and O–H groups in total. The number of rotatable bonds is 6. The summed E-state index contributed by atoms with van der Waals surface area (Å²) in [6.45, 7) is 0.267. The normalized spacial score (nSPS) is 19.7. The van der Waals surface area contributed by atoms with Crippen LogP contribution in [-0.2, 0) is 14.3 Å². The van der Waals surface area contributed by atoms with Crippen LogP contribution in [0.4, 0.5) is 0 Å². The van der Waals surface area contributed by atoms with Crippen molar-refractivity contribution < 1.29 is 12.6 Å². The fourth-order valence-corrected chi connectivity index (χ4v) is 3.38. The lowest BCUT2D eigenvalue weighted by atomic mass is 10.0. The standard InChI is InChI=1S/C19H19NO3S/c1-24(21,22)23-11-10-18-12-19(18)17-8-6-16(7-9-17)15-4-2-14(13-20)3-5-15/h2-9,18-19H,10-12H2,1H3/t18-,19+/m1/s1. The fraction of sp³-hybridized carbons (Fsp3) is 0.316. The molecule has 1 fully saturated rings. The molecule has 1 aliphatic rings. The molecule has 1 saturated carbocycles. The summed E-state index contributed by atoms with van der Waals surface area (Å²) < 4.78 is 26.7. The summed E-state index contributed by atoms with van der Waals surface area (Å²) in [4.78, 5) is 0. The van der Waals surface area contributed by atoms with Crippen LogP contribution in [0.1, 0.15) is 29.9 Å². The van der Waals surface area contributed by atoms with E-state index >= 15 is 0 Å². The molecule has 2 aromatic rings. The summed E-state index contributed by atoms with van der Waals surface area (Å²) in [6, 6.07) is 18.1. The van der Waals surface area contributed by atoms with Crippen LogP contribution in [0.15, 0.2) is 48.5 Å². The van der Waals surface area contributed by atoms with Gasteiger partial charge in [-0.2, -0.15) is 13.7 Å². The first-order valence-electron chi connectivity index (χ1n) is 7.91. The Bertz CT molecular complexity index is 849. The lowest BCUT2D eigenvalue weighted by molar-refractivity contribution is 0.307. The Morgan fingerprint density at radius 2 is 1.67 bits per heavy atom. The predicted octanol–water partition coefficient (Wildman–Crippen LogP) is 3.70. The van der Waals surface area contributed by atoms with Gasteiger partial charge in [-0.1, -0.05) is 36.4 Å². The van der Waals surface area contributed by atoms with Gasteiger partial charge in [0.15, 0.2) is 0 Å². The highest BCUT2D eigenvalue weighted by Crippen LogP contribution is 2.49. The van der Waals surface area contributed by atoms with Gasteiger partial charge in [-0.15, -0.1) is 0 Å². The van der Waals surface area contributed by atoms with Crippen molar-refractivity contribution in [2.24, 2.45) is 5.92 Å². The second-order valence-electron chi connectivity index (χ2n) is 6.23. The van der Waals surface area contributed by atoms with E-state index < -0.39 is 10.1 Å². The van der Waals surface area contributed by atoms with E-state index in [4.69, 9.17) is 9.44 Å². The van der Waals surface area contributed by atoms with Gasteiger partial charge >= 0.3 is 0 Å². The van der Waals surface area contributed by atoms with Gasteiger partial charge in [-0.25, -0.2) is 0 Å². The molecule has 1 aliphatic carbocycles. The summed E-state index contributed by atoms with van der Waals surface area (Å²) in [6.07, 6.45) is 2.94. The predicted molar refractivity (Wildman–Crippen MR) is 92.9 cm³/mol. The Hall–Kier alpha value is -2.16. The van der Waals surface area contributed by atoms with Gasteiger partial charge in [-0.05, 0) is 53.5 Å². The van der Waals surface area contributed by atoms with Crippen molar-refractivity contribution in [2.75, 3.05) is 12.9 Å². The molecule has 0 heterocycles. The van der Waals surface area contributed by atoms with Crippen LogP contribution in [0.3, 0.4) is 0 Å². The zero-order valence-corrected chi connectivity index (χ0v) is 14.3. The summed E-state index contributed by atoms with van der Waals surface area (Å²) >= 11 is 0. The average Bonchev–Trinajstić information content (AvgIpc) is 3.33. The van der Waals surface area contributed by atoms with Gasteiger partial charge in [0.2, 0.25) is 0 Å². The average molecular weight is 341 g/mol. The van der Waals surface area contributed by atoms with Crippen molar-refractivity contribution in [1.29, 1.82) is 5.26 Å². The molecular formula is C19H19NO3S. The molecular weight excluding hydrogens is 322 g/mol. The smallest absolute Gasteiger partial charge is 0.264 e. The summed E-state index contributed by atoms with van der Waals surface area (Å²) in [5, 5.41) is 8.84. The van der Waals surface area contributed by atoms with Crippen molar-refractivity contribution >= 4 is 10.1 Å². The highest BCUT2D eigenvalue weighted by atomic mass is 32.2. The van der Waals surface area contributed by atoms with Crippen LogP contribution in [0.5, 0.6) is 0 Å². The second-order valence-corrected chi connectivity index (χ2v) is 7.87. The molecule has 0 unspecified atom stereocenters. The van der Waals surface area contributed by atoms with Crippen LogP contribution in [0.25, 0.3) is 11.1 Å². The molecule has 5 heteroatoms. The third-order valence-electron chi connectivity index (χ3n) is 4.39. The topological polar surface area (TPSA) is 67.2 Å². The number of nitrogens with zero attached hydrogens (tertiary/aromatic N) is 1. The molecule has 0 aromatic heterocycles. The maximum Gasteiger partial charge on any atom is 0.264 e. The van der Waals surface area contributed by atoms with E-state index in [0.29, 0.717) is 17.4 Å². The molecule has 24 heavy (non-hydrogen) atoms. The SMILES string of the molecule is CS(=O)(=O)OCC[C@@H]1C[C@H]1c1ccc(-c2ccc(C#N)cc2)cc1.